The van der Waals surface area contributed by atoms with Gasteiger partial charge in [0.25, 0.3) is 0 Å². The first-order chi connectivity index (χ1) is 15.5. The maximum Gasteiger partial charge on any atom is 0.306 e. The van der Waals surface area contributed by atoms with Crippen molar-refractivity contribution in [1.29, 1.82) is 0 Å². The van der Waals surface area contributed by atoms with Gasteiger partial charge < -0.3 is 29.2 Å². The van der Waals surface area contributed by atoms with E-state index in [1.54, 1.807) is 0 Å². The molecule has 5 atom stereocenters. The van der Waals surface area contributed by atoms with E-state index >= 15 is 0 Å². The van der Waals surface area contributed by atoms with Crippen LogP contribution in [0, 0.1) is 0 Å². The predicted molar refractivity (Wildman–Crippen MR) is 122 cm³/mol. The van der Waals surface area contributed by atoms with E-state index in [1.807, 2.05) is 6.92 Å². The summed E-state index contributed by atoms with van der Waals surface area (Å²) in [5.74, 6) is -1.75. The Labute approximate surface area is 194 Å². The Balaban J connectivity index is 1.54. The SMILES string of the molecule is CCCCCCCCCCCCCCCC(=O)O[C@@H]1[C@@H](O)CO[C@@H]1[C@@]1(CO)OCC(C)O1. The maximum absolute atomic E-state index is 12.3. The summed E-state index contributed by atoms with van der Waals surface area (Å²) in [6.45, 7) is 3.99. The lowest BCUT2D eigenvalue weighted by Crippen LogP contribution is -2.54. The van der Waals surface area contributed by atoms with Crippen LogP contribution >= 0.6 is 0 Å². The molecule has 2 heterocycles. The third-order valence-electron chi connectivity index (χ3n) is 6.49. The second kappa shape index (κ2) is 15.2. The number of rotatable bonds is 17. The molecule has 0 aliphatic carbocycles. The molecule has 7 nitrogen and oxygen atoms in total. The van der Waals surface area contributed by atoms with Crippen LogP contribution in [-0.4, -0.2) is 66.2 Å². The zero-order chi connectivity index (χ0) is 23.2. The fourth-order valence-corrected chi connectivity index (χ4v) is 4.60. The second-order valence-corrected chi connectivity index (χ2v) is 9.48. The zero-order valence-electron chi connectivity index (χ0n) is 20.3. The van der Waals surface area contributed by atoms with E-state index in [0.29, 0.717) is 13.0 Å². The first-order valence-corrected chi connectivity index (χ1v) is 12.9. The van der Waals surface area contributed by atoms with Crippen LogP contribution in [0.5, 0.6) is 0 Å². The summed E-state index contributed by atoms with van der Waals surface area (Å²) in [7, 11) is 0. The number of carbonyl (C=O) groups is 1. The number of esters is 1. The van der Waals surface area contributed by atoms with Gasteiger partial charge in [0.2, 0.25) is 5.79 Å². The Morgan fingerprint density at radius 2 is 1.50 bits per heavy atom. The fraction of sp³-hybridized carbons (Fsp3) is 0.960. The van der Waals surface area contributed by atoms with E-state index in [1.165, 1.54) is 64.2 Å². The van der Waals surface area contributed by atoms with Crippen LogP contribution in [0.3, 0.4) is 0 Å². The molecule has 0 amide bonds. The van der Waals surface area contributed by atoms with Gasteiger partial charge in [0, 0.05) is 6.42 Å². The molecular formula is C25H46O7. The monoisotopic (exact) mass is 458 g/mol. The minimum absolute atomic E-state index is 0.0181. The highest BCUT2D eigenvalue weighted by Crippen LogP contribution is 2.35. The van der Waals surface area contributed by atoms with Crippen molar-refractivity contribution in [2.24, 2.45) is 0 Å². The lowest BCUT2D eigenvalue weighted by Gasteiger charge is -2.34. The number of ether oxygens (including phenoxy) is 4. The topological polar surface area (TPSA) is 94.5 Å². The first kappa shape index (κ1) is 27.5. The average molecular weight is 459 g/mol. The molecule has 2 fully saturated rings. The van der Waals surface area contributed by atoms with Crippen molar-refractivity contribution in [3.8, 4) is 0 Å². The summed E-state index contributed by atoms with van der Waals surface area (Å²) in [5.41, 5.74) is 0. The zero-order valence-corrected chi connectivity index (χ0v) is 20.3. The molecule has 2 rings (SSSR count). The van der Waals surface area contributed by atoms with Gasteiger partial charge in [0.1, 0.15) is 12.7 Å². The van der Waals surface area contributed by atoms with Gasteiger partial charge in [-0.2, -0.15) is 0 Å². The van der Waals surface area contributed by atoms with E-state index in [2.05, 4.69) is 6.92 Å². The summed E-state index contributed by atoms with van der Waals surface area (Å²) in [5, 5.41) is 20.0. The highest BCUT2D eigenvalue weighted by Gasteiger charge is 2.56. The molecule has 2 N–H and O–H groups in total. The summed E-state index contributed by atoms with van der Waals surface area (Å²) in [6, 6.07) is 0. The normalized spacial score (nSPS) is 30.1. The fourth-order valence-electron chi connectivity index (χ4n) is 4.60. The van der Waals surface area contributed by atoms with E-state index < -0.39 is 30.7 Å². The van der Waals surface area contributed by atoms with Crippen LogP contribution in [0.1, 0.15) is 104 Å². The van der Waals surface area contributed by atoms with Crippen LogP contribution in [-0.2, 0) is 23.7 Å². The Morgan fingerprint density at radius 3 is 2.00 bits per heavy atom. The molecule has 0 aromatic carbocycles. The summed E-state index contributed by atoms with van der Waals surface area (Å²) < 4.78 is 22.5. The van der Waals surface area contributed by atoms with Crippen LogP contribution < -0.4 is 0 Å². The summed E-state index contributed by atoms with van der Waals surface area (Å²) >= 11 is 0. The van der Waals surface area contributed by atoms with Gasteiger partial charge >= 0.3 is 5.97 Å². The minimum atomic E-state index is -1.39. The van der Waals surface area contributed by atoms with Crippen molar-refractivity contribution in [3.05, 3.63) is 0 Å². The number of hydrogen-bond donors (Lipinski definition) is 2. The maximum atomic E-state index is 12.3. The van der Waals surface area contributed by atoms with Gasteiger partial charge in [0.15, 0.2) is 12.2 Å². The van der Waals surface area contributed by atoms with E-state index in [9.17, 15) is 15.0 Å². The molecule has 2 aliphatic heterocycles. The summed E-state index contributed by atoms with van der Waals surface area (Å²) in [4.78, 5) is 12.3. The lowest BCUT2D eigenvalue weighted by atomic mass is 10.0. The minimum Gasteiger partial charge on any atom is -0.456 e. The smallest absolute Gasteiger partial charge is 0.306 e. The molecule has 0 saturated carbocycles. The highest BCUT2D eigenvalue weighted by molar-refractivity contribution is 5.69. The van der Waals surface area contributed by atoms with Gasteiger partial charge in [0.05, 0.1) is 19.3 Å². The van der Waals surface area contributed by atoms with Crippen molar-refractivity contribution in [2.75, 3.05) is 19.8 Å². The van der Waals surface area contributed by atoms with Crippen molar-refractivity contribution >= 4 is 5.97 Å². The predicted octanol–water partition coefficient (Wildman–Crippen LogP) is 4.26. The van der Waals surface area contributed by atoms with Gasteiger partial charge in [-0.15, -0.1) is 0 Å². The van der Waals surface area contributed by atoms with E-state index in [4.69, 9.17) is 18.9 Å². The molecular weight excluding hydrogens is 412 g/mol. The molecule has 2 aliphatic rings. The third-order valence-corrected chi connectivity index (χ3v) is 6.49. The molecule has 1 unspecified atom stereocenters. The molecule has 0 radical (unpaired) electrons. The molecule has 32 heavy (non-hydrogen) atoms. The number of unbranched alkanes of at least 4 members (excludes halogenated alkanes) is 12. The average Bonchev–Trinajstić information content (AvgIpc) is 3.34. The number of aliphatic hydroxyl groups excluding tert-OH is 2. The van der Waals surface area contributed by atoms with Gasteiger partial charge in [-0.05, 0) is 13.3 Å². The van der Waals surface area contributed by atoms with Crippen molar-refractivity contribution in [3.63, 3.8) is 0 Å². The highest BCUT2D eigenvalue weighted by atomic mass is 16.8. The van der Waals surface area contributed by atoms with Crippen molar-refractivity contribution in [1.82, 2.24) is 0 Å². The number of aliphatic hydroxyl groups is 2. The largest absolute Gasteiger partial charge is 0.456 e. The van der Waals surface area contributed by atoms with Crippen LogP contribution in [0.2, 0.25) is 0 Å². The van der Waals surface area contributed by atoms with Crippen molar-refractivity contribution in [2.45, 2.75) is 134 Å². The second-order valence-electron chi connectivity index (χ2n) is 9.48. The number of hydrogen-bond acceptors (Lipinski definition) is 7. The quantitative estimate of drug-likeness (QED) is 0.248. The van der Waals surface area contributed by atoms with Crippen LogP contribution in [0.15, 0.2) is 0 Å². The summed E-state index contributed by atoms with van der Waals surface area (Å²) in [6.07, 6.45) is 13.7. The van der Waals surface area contributed by atoms with Gasteiger partial charge in [-0.25, -0.2) is 0 Å². The van der Waals surface area contributed by atoms with E-state index in [-0.39, 0.29) is 18.7 Å². The third kappa shape index (κ3) is 8.90. The van der Waals surface area contributed by atoms with Gasteiger partial charge in [-0.3, -0.25) is 4.79 Å². The Kier molecular flexibility index (Phi) is 13.1. The Hall–Kier alpha value is -0.730. The Bertz CT molecular complexity index is 515. The molecule has 2 saturated heterocycles. The molecule has 0 bridgehead atoms. The molecule has 0 aromatic heterocycles. The standard InChI is InChI=1S/C25H46O7/c1-3-4-5-6-7-8-9-10-11-12-13-14-15-16-22(28)31-23-21(27)18-29-24(23)25(19-26)30-17-20(2)32-25/h20-21,23-24,26-27H,3-19H2,1-2H3/t20?,21-,23+,24-,25-/m0/s1. The van der Waals surface area contributed by atoms with Crippen LogP contribution in [0.4, 0.5) is 0 Å². The molecule has 0 aromatic rings. The molecule has 7 heteroatoms. The van der Waals surface area contributed by atoms with Crippen molar-refractivity contribution < 1.29 is 34.0 Å². The van der Waals surface area contributed by atoms with Gasteiger partial charge in [-0.1, -0.05) is 84.0 Å². The van der Waals surface area contributed by atoms with E-state index in [0.717, 1.165) is 19.3 Å². The Morgan fingerprint density at radius 1 is 0.938 bits per heavy atom. The molecule has 188 valence electrons. The van der Waals surface area contributed by atoms with Crippen LogP contribution in [0.25, 0.3) is 0 Å². The first-order valence-electron chi connectivity index (χ1n) is 12.9. The molecule has 0 spiro atoms. The number of carbonyl (C=O) groups excluding carboxylic acids is 1. The lowest BCUT2D eigenvalue weighted by molar-refractivity contribution is -0.262.